The highest BCUT2D eigenvalue weighted by atomic mass is 16.1. The SMILES string of the molecule is N#Cc1ccc2c(c1)CN(CCCCC(=O)Nc1cc3ccccc3[nH]1)CC2. The van der Waals surface area contributed by atoms with E-state index in [1.54, 1.807) is 0 Å². The van der Waals surface area contributed by atoms with E-state index in [1.807, 2.05) is 42.5 Å². The highest BCUT2D eigenvalue weighted by Gasteiger charge is 2.16. The van der Waals surface area contributed by atoms with E-state index in [1.165, 1.54) is 11.1 Å². The topological polar surface area (TPSA) is 71.9 Å². The fourth-order valence-electron chi connectivity index (χ4n) is 3.85. The molecule has 0 atom stereocenters. The summed E-state index contributed by atoms with van der Waals surface area (Å²) in [4.78, 5) is 17.8. The second kappa shape index (κ2) is 8.28. The second-order valence-electron chi connectivity index (χ2n) is 7.40. The Morgan fingerprint density at radius 3 is 2.89 bits per heavy atom. The number of nitrogens with one attached hydrogen (secondary N) is 2. The van der Waals surface area contributed by atoms with Gasteiger partial charge in [0.05, 0.1) is 11.6 Å². The zero-order valence-corrected chi connectivity index (χ0v) is 15.9. The number of amides is 1. The molecule has 2 N–H and O–H groups in total. The van der Waals surface area contributed by atoms with Gasteiger partial charge in [-0.25, -0.2) is 0 Å². The van der Waals surface area contributed by atoms with Gasteiger partial charge in [-0.3, -0.25) is 9.69 Å². The number of H-pyrrole nitrogens is 1. The number of hydrogen-bond donors (Lipinski definition) is 2. The smallest absolute Gasteiger partial charge is 0.225 e. The maximum Gasteiger partial charge on any atom is 0.225 e. The van der Waals surface area contributed by atoms with Crippen molar-refractivity contribution in [2.45, 2.75) is 32.2 Å². The molecule has 1 aliphatic heterocycles. The van der Waals surface area contributed by atoms with Crippen LogP contribution in [0.1, 0.15) is 36.0 Å². The van der Waals surface area contributed by atoms with E-state index in [2.05, 4.69) is 27.3 Å². The maximum atomic E-state index is 12.2. The van der Waals surface area contributed by atoms with Crippen molar-refractivity contribution in [1.82, 2.24) is 9.88 Å². The van der Waals surface area contributed by atoms with Gasteiger partial charge >= 0.3 is 0 Å². The number of anilines is 1. The molecule has 2 aromatic carbocycles. The standard InChI is InChI=1S/C23H24N4O/c24-15-17-8-9-18-10-12-27(16-20(18)13-17)11-4-3-7-23(28)26-22-14-19-5-1-2-6-21(19)25-22/h1-2,5-6,8-9,13-14,25H,3-4,7,10-12,16H2,(H,26,28). The average molecular weight is 372 g/mol. The molecule has 4 rings (SSSR count). The van der Waals surface area contributed by atoms with E-state index >= 15 is 0 Å². The largest absolute Gasteiger partial charge is 0.341 e. The average Bonchev–Trinajstić information content (AvgIpc) is 3.12. The normalized spacial score (nSPS) is 13.8. The van der Waals surface area contributed by atoms with Crippen LogP contribution in [0.4, 0.5) is 5.82 Å². The number of benzene rings is 2. The van der Waals surface area contributed by atoms with Gasteiger partial charge in [-0.15, -0.1) is 0 Å². The number of aromatic amines is 1. The Morgan fingerprint density at radius 1 is 1.14 bits per heavy atom. The van der Waals surface area contributed by atoms with Gasteiger partial charge in [0.1, 0.15) is 5.82 Å². The number of aromatic nitrogens is 1. The van der Waals surface area contributed by atoms with Crippen LogP contribution >= 0.6 is 0 Å². The summed E-state index contributed by atoms with van der Waals surface area (Å²) in [6.07, 6.45) is 3.42. The number of nitriles is 1. The lowest BCUT2D eigenvalue weighted by atomic mass is 9.97. The summed E-state index contributed by atoms with van der Waals surface area (Å²) in [7, 11) is 0. The monoisotopic (exact) mass is 372 g/mol. The van der Waals surface area contributed by atoms with Crippen molar-refractivity contribution < 1.29 is 4.79 Å². The molecule has 28 heavy (non-hydrogen) atoms. The molecule has 1 aliphatic rings. The minimum absolute atomic E-state index is 0.0502. The lowest BCUT2D eigenvalue weighted by Crippen LogP contribution is -2.31. The Hall–Kier alpha value is -3.10. The van der Waals surface area contributed by atoms with Crippen LogP contribution in [-0.2, 0) is 17.8 Å². The number of nitrogens with zero attached hydrogens (tertiary/aromatic N) is 2. The first-order valence-corrected chi connectivity index (χ1v) is 9.83. The molecule has 0 bridgehead atoms. The Morgan fingerprint density at radius 2 is 2.04 bits per heavy atom. The first-order chi connectivity index (χ1) is 13.7. The van der Waals surface area contributed by atoms with E-state index < -0.39 is 0 Å². The fourth-order valence-corrected chi connectivity index (χ4v) is 3.85. The van der Waals surface area contributed by atoms with Gasteiger partial charge in [-0.1, -0.05) is 24.3 Å². The van der Waals surface area contributed by atoms with Crippen molar-refractivity contribution >= 4 is 22.6 Å². The number of rotatable bonds is 6. The lowest BCUT2D eigenvalue weighted by molar-refractivity contribution is -0.116. The van der Waals surface area contributed by atoms with Crippen LogP contribution in [0, 0.1) is 11.3 Å². The third-order valence-electron chi connectivity index (χ3n) is 5.36. The summed E-state index contributed by atoms with van der Waals surface area (Å²) < 4.78 is 0. The molecule has 0 saturated carbocycles. The van der Waals surface area contributed by atoms with Crippen molar-refractivity contribution in [3.05, 3.63) is 65.2 Å². The first-order valence-electron chi connectivity index (χ1n) is 9.83. The molecule has 1 aromatic heterocycles. The predicted molar refractivity (Wildman–Crippen MR) is 111 cm³/mol. The Balaban J connectivity index is 1.21. The van der Waals surface area contributed by atoms with Crippen LogP contribution in [-0.4, -0.2) is 28.9 Å². The molecule has 142 valence electrons. The third-order valence-corrected chi connectivity index (χ3v) is 5.36. The number of fused-ring (bicyclic) bond motifs is 2. The number of carbonyl (C=O) groups excluding carboxylic acids is 1. The summed E-state index contributed by atoms with van der Waals surface area (Å²) >= 11 is 0. The van der Waals surface area contributed by atoms with Crippen molar-refractivity contribution in [2.24, 2.45) is 0 Å². The third kappa shape index (κ3) is 4.24. The highest BCUT2D eigenvalue weighted by Crippen LogP contribution is 2.21. The second-order valence-corrected chi connectivity index (χ2v) is 7.40. The van der Waals surface area contributed by atoms with Crippen LogP contribution in [0.5, 0.6) is 0 Å². The number of hydrogen-bond acceptors (Lipinski definition) is 3. The zero-order valence-electron chi connectivity index (χ0n) is 15.9. The summed E-state index contributed by atoms with van der Waals surface area (Å²) in [5.41, 5.74) is 4.38. The molecule has 0 fully saturated rings. The van der Waals surface area contributed by atoms with Gasteiger partial charge in [0.15, 0.2) is 0 Å². The quantitative estimate of drug-likeness (QED) is 0.637. The van der Waals surface area contributed by atoms with E-state index in [0.717, 1.165) is 61.2 Å². The summed E-state index contributed by atoms with van der Waals surface area (Å²) in [6, 6.07) is 18.2. The first kappa shape index (κ1) is 18.3. The van der Waals surface area contributed by atoms with Crippen LogP contribution < -0.4 is 5.32 Å². The molecule has 0 aliphatic carbocycles. The maximum absolute atomic E-state index is 12.2. The summed E-state index contributed by atoms with van der Waals surface area (Å²) in [5, 5.41) is 13.1. The molecule has 3 aromatic rings. The molecular formula is C23H24N4O. The summed E-state index contributed by atoms with van der Waals surface area (Å²) in [6.45, 7) is 2.92. The number of carbonyl (C=O) groups is 1. The molecule has 2 heterocycles. The van der Waals surface area contributed by atoms with E-state index in [9.17, 15) is 4.79 Å². The van der Waals surface area contributed by atoms with Crippen LogP contribution in [0.15, 0.2) is 48.5 Å². The van der Waals surface area contributed by atoms with Gasteiger partial charge in [0.25, 0.3) is 0 Å². The molecular weight excluding hydrogens is 348 g/mol. The number of unbranched alkanes of at least 4 members (excludes halogenated alkanes) is 1. The molecule has 0 unspecified atom stereocenters. The highest BCUT2D eigenvalue weighted by molar-refractivity contribution is 5.93. The predicted octanol–water partition coefficient (Wildman–Crippen LogP) is 4.21. The van der Waals surface area contributed by atoms with Crippen LogP contribution in [0.2, 0.25) is 0 Å². The molecule has 0 spiro atoms. The Labute approximate surface area is 165 Å². The van der Waals surface area contributed by atoms with E-state index in [-0.39, 0.29) is 5.91 Å². The van der Waals surface area contributed by atoms with Crippen molar-refractivity contribution in [3.8, 4) is 6.07 Å². The number of para-hydroxylation sites is 1. The lowest BCUT2D eigenvalue weighted by Gasteiger charge is -2.28. The van der Waals surface area contributed by atoms with Crippen LogP contribution in [0.3, 0.4) is 0 Å². The molecule has 0 saturated heterocycles. The molecule has 5 heteroatoms. The van der Waals surface area contributed by atoms with Crippen LogP contribution in [0.25, 0.3) is 10.9 Å². The van der Waals surface area contributed by atoms with Gasteiger partial charge in [-0.2, -0.15) is 5.26 Å². The minimum Gasteiger partial charge on any atom is -0.341 e. The molecule has 0 radical (unpaired) electrons. The van der Waals surface area contributed by atoms with E-state index in [0.29, 0.717) is 6.42 Å². The fraction of sp³-hybridized carbons (Fsp3) is 0.304. The zero-order chi connectivity index (χ0) is 19.3. The Kier molecular flexibility index (Phi) is 5.41. The van der Waals surface area contributed by atoms with Gasteiger partial charge < -0.3 is 10.3 Å². The van der Waals surface area contributed by atoms with Gasteiger partial charge in [0.2, 0.25) is 5.91 Å². The van der Waals surface area contributed by atoms with Crippen molar-refractivity contribution in [1.29, 1.82) is 5.26 Å². The molecule has 5 nitrogen and oxygen atoms in total. The summed E-state index contributed by atoms with van der Waals surface area (Å²) in [5.74, 6) is 0.807. The van der Waals surface area contributed by atoms with E-state index in [4.69, 9.17) is 5.26 Å². The van der Waals surface area contributed by atoms with Gasteiger partial charge in [0, 0.05) is 30.4 Å². The molecule has 1 amide bonds. The van der Waals surface area contributed by atoms with Gasteiger partial charge in [-0.05, 0) is 61.2 Å². The Bertz CT molecular complexity index is 998. The minimum atomic E-state index is 0.0502. The van der Waals surface area contributed by atoms with Crippen molar-refractivity contribution in [3.63, 3.8) is 0 Å². The van der Waals surface area contributed by atoms with Crippen molar-refractivity contribution in [2.75, 3.05) is 18.4 Å².